The monoisotopic (exact) mass is 586 g/mol. The Morgan fingerprint density at radius 1 is 1.00 bits per heavy atom. The van der Waals surface area contributed by atoms with Gasteiger partial charge in [-0.3, -0.25) is 19.8 Å². The van der Waals surface area contributed by atoms with Crippen molar-refractivity contribution in [3.8, 4) is 5.75 Å². The lowest BCUT2D eigenvalue weighted by Gasteiger charge is -2.36. The number of anilines is 1. The van der Waals surface area contributed by atoms with Crippen LogP contribution in [0.4, 0.5) is 11.4 Å². The van der Waals surface area contributed by atoms with Gasteiger partial charge in [0, 0.05) is 61.1 Å². The van der Waals surface area contributed by atoms with Crippen LogP contribution in [-0.4, -0.2) is 63.5 Å². The number of hydrogen-bond acceptors (Lipinski definition) is 8. The molecule has 3 aromatic rings. The van der Waals surface area contributed by atoms with E-state index in [2.05, 4.69) is 9.80 Å². The number of ether oxygens (including phenoxy) is 1. The molecule has 1 saturated heterocycles. The van der Waals surface area contributed by atoms with Crippen molar-refractivity contribution in [2.45, 2.75) is 25.2 Å². The Morgan fingerprint density at radius 3 is 2.17 bits per heavy atom. The highest BCUT2D eigenvalue weighted by Crippen LogP contribution is 2.26. The minimum absolute atomic E-state index is 0.193. The predicted octanol–water partition coefficient (Wildman–Crippen LogP) is 4.57. The van der Waals surface area contributed by atoms with E-state index in [1.54, 1.807) is 24.3 Å². The molecule has 1 amide bonds. The van der Waals surface area contributed by atoms with Crippen LogP contribution in [0.5, 0.6) is 5.75 Å². The van der Waals surface area contributed by atoms with Crippen molar-refractivity contribution in [2.24, 2.45) is 0 Å². The zero-order valence-corrected chi connectivity index (χ0v) is 23.9. The lowest BCUT2D eigenvalue weighted by Crippen LogP contribution is -2.46. The predicted molar refractivity (Wildman–Crippen MR) is 154 cm³/mol. The van der Waals surface area contributed by atoms with Gasteiger partial charge in [0.1, 0.15) is 5.75 Å². The average Bonchev–Trinajstić information content (AvgIpc) is 2.94. The number of nitro benzene ring substituents is 1. The number of amides is 1. The van der Waals surface area contributed by atoms with E-state index >= 15 is 0 Å². The number of piperazine rings is 1. The first-order valence-electron chi connectivity index (χ1n) is 12.8. The number of rotatable bonds is 10. The third kappa shape index (κ3) is 7.29. The highest BCUT2D eigenvalue weighted by atomic mass is 35.5. The van der Waals surface area contributed by atoms with Gasteiger partial charge in [0.25, 0.3) is 21.6 Å². The van der Waals surface area contributed by atoms with Gasteiger partial charge < -0.3 is 9.64 Å². The number of halogens is 1. The van der Waals surface area contributed by atoms with Crippen LogP contribution in [0.1, 0.15) is 27.9 Å². The second-order valence-electron chi connectivity index (χ2n) is 9.63. The number of non-ortho nitro benzene ring substituents is 1. The molecule has 0 bridgehead atoms. The summed E-state index contributed by atoms with van der Waals surface area (Å²) >= 11 is 6.22. The highest BCUT2D eigenvalue weighted by Gasteiger charge is 2.21. The normalized spacial score (nSPS) is 14.1. The summed E-state index contributed by atoms with van der Waals surface area (Å²) in [4.78, 5) is 27.1. The lowest BCUT2D eigenvalue weighted by molar-refractivity contribution is -0.384. The van der Waals surface area contributed by atoms with Crippen LogP contribution < -0.4 is 14.4 Å². The number of hydrogen-bond donors (Lipinski definition) is 1. The van der Waals surface area contributed by atoms with Gasteiger partial charge in [0.2, 0.25) is 0 Å². The van der Waals surface area contributed by atoms with Gasteiger partial charge in [0.05, 0.1) is 16.4 Å². The number of carbonyl (C=O) groups is 1. The molecule has 3 aromatic carbocycles. The molecule has 0 radical (unpaired) electrons. The number of sulfonamides is 1. The third-order valence-corrected chi connectivity index (χ3v) is 8.69. The van der Waals surface area contributed by atoms with Gasteiger partial charge in [-0.1, -0.05) is 11.6 Å². The second-order valence-corrected chi connectivity index (χ2v) is 11.7. The van der Waals surface area contributed by atoms with Crippen molar-refractivity contribution in [3.63, 3.8) is 0 Å². The molecule has 4 rings (SSSR count). The molecule has 212 valence electrons. The average molecular weight is 587 g/mol. The van der Waals surface area contributed by atoms with E-state index in [-0.39, 0.29) is 16.1 Å². The summed E-state index contributed by atoms with van der Waals surface area (Å²) in [6.07, 6.45) is 0.910. The molecule has 0 spiro atoms. The van der Waals surface area contributed by atoms with E-state index < -0.39 is 20.9 Å². The Hall–Kier alpha value is -3.67. The molecule has 1 heterocycles. The number of carbonyl (C=O) groups excluding carboxylic acids is 1. The minimum atomic E-state index is -4.17. The fourth-order valence-corrected chi connectivity index (χ4v) is 5.59. The Kier molecular flexibility index (Phi) is 9.28. The molecule has 1 aliphatic heterocycles. The lowest BCUT2D eigenvalue weighted by atomic mass is 10.1. The second kappa shape index (κ2) is 12.7. The largest absolute Gasteiger partial charge is 0.494 e. The number of nitrogens with zero attached hydrogens (tertiary/aromatic N) is 3. The van der Waals surface area contributed by atoms with Crippen LogP contribution in [0.15, 0.2) is 65.6 Å². The van der Waals surface area contributed by atoms with Crippen molar-refractivity contribution >= 4 is 38.9 Å². The zero-order valence-electron chi connectivity index (χ0n) is 22.3. The first kappa shape index (κ1) is 29.3. The maximum Gasteiger partial charge on any atom is 0.269 e. The molecule has 1 N–H and O–H groups in total. The van der Waals surface area contributed by atoms with Crippen LogP contribution in [-0.2, 0) is 10.0 Å². The van der Waals surface area contributed by atoms with E-state index in [9.17, 15) is 23.3 Å². The molecular weight excluding hydrogens is 556 g/mol. The fourth-order valence-electron chi connectivity index (χ4n) is 4.51. The van der Waals surface area contributed by atoms with Gasteiger partial charge in [-0.15, -0.1) is 0 Å². The zero-order chi connectivity index (χ0) is 28.9. The molecule has 1 aliphatic rings. The summed E-state index contributed by atoms with van der Waals surface area (Å²) in [5.41, 5.74) is 2.92. The molecule has 1 fully saturated rings. The Bertz CT molecular complexity index is 1450. The van der Waals surface area contributed by atoms with Crippen LogP contribution >= 0.6 is 11.6 Å². The van der Waals surface area contributed by atoms with Crippen molar-refractivity contribution in [1.29, 1.82) is 0 Å². The van der Waals surface area contributed by atoms with Gasteiger partial charge >= 0.3 is 0 Å². The van der Waals surface area contributed by atoms with Gasteiger partial charge in [-0.2, -0.15) is 0 Å². The first-order chi connectivity index (χ1) is 19.0. The number of aryl methyl sites for hydroxylation is 2. The van der Waals surface area contributed by atoms with Gasteiger partial charge in [-0.05, 0) is 79.9 Å². The van der Waals surface area contributed by atoms with E-state index in [1.807, 2.05) is 30.7 Å². The molecule has 0 atom stereocenters. The standard InChI is InChI=1S/C28H31ClN4O6S/c1-20-18-25(19-21(2)27(20)29)39-17-3-12-31-13-15-32(16-14-31)23-6-4-22(5-7-23)28(34)30-40(37,38)26-10-8-24(9-11-26)33(35)36/h4-11,18-19H,3,12-17H2,1-2H3,(H,30,34). The number of nitro groups is 1. The molecule has 0 aliphatic carbocycles. The maximum absolute atomic E-state index is 12.6. The smallest absolute Gasteiger partial charge is 0.269 e. The summed E-state index contributed by atoms with van der Waals surface area (Å²) in [5, 5.41) is 11.6. The topological polar surface area (TPSA) is 122 Å². The van der Waals surface area contributed by atoms with Crippen molar-refractivity contribution in [2.75, 3.05) is 44.2 Å². The van der Waals surface area contributed by atoms with Crippen molar-refractivity contribution < 1.29 is 22.9 Å². The summed E-state index contributed by atoms with van der Waals surface area (Å²) < 4.78 is 33.0. The van der Waals surface area contributed by atoms with E-state index in [1.165, 1.54) is 0 Å². The highest BCUT2D eigenvalue weighted by molar-refractivity contribution is 7.90. The summed E-state index contributed by atoms with van der Waals surface area (Å²) in [5.74, 6) is 0.0613. The van der Waals surface area contributed by atoms with Crippen LogP contribution in [0.3, 0.4) is 0 Å². The molecule has 10 nitrogen and oxygen atoms in total. The van der Waals surface area contributed by atoms with Crippen molar-refractivity contribution in [3.05, 3.63) is 92.5 Å². The summed E-state index contributed by atoms with van der Waals surface area (Å²) in [6.45, 7) is 8.96. The fraction of sp³-hybridized carbons (Fsp3) is 0.321. The first-order valence-corrected chi connectivity index (χ1v) is 14.7. The molecular formula is C28H31ClN4O6S. The van der Waals surface area contributed by atoms with Crippen LogP contribution in [0.25, 0.3) is 0 Å². The molecule has 0 unspecified atom stereocenters. The number of benzene rings is 3. The molecule has 0 saturated carbocycles. The van der Waals surface area contributed by atoms with Gasteiger partial charge in [0.15, 0.2) is 0 Å². The summed E-state index contributed by atoms with van der Waals surface area (Å²) in [6, 6.07) is 15.0. The Balaban J connectivity index is 1.23. The van der Waals surface area contributed by atoms with E-state index in [4.69, 9.17) is 16.3 Å². The minimum Gasteiger partial charge on any atom is -0.494 e. The Morgan fingerprint density at radius 2 is 1.60 bits per heavy atom. The Labute approximate surface area is 238 Å². The molecule has 0 aromatic heterocycles. The van der Waals surface area contributed by atoms with Crippen LogP contribution in [0, 0.1) is 24.0 Å². The molecule has 40 heavy (non-hydrogen) atoms. The number of nitrogens with one attached hydrogen (secondary N) is 1. The van der Waals surface area contributed by atoms with E-state index in [0.29, 0.717) is 6.61 Å². The van der Waals surface area contributed by atoms with Crippen molar-refractivity contribution in [1.82, 2.24) is 9.62 Å². The third-order valence-electron chi connectivity index (χ3n) is 6.75. The molecule has 12 heteroatoms. The quantitative estimate of drug-likeness (QED) is 0.208. The summed E-state index contributed by atoms with van der Waals surface area (Å²) in [7, 11) is -4.17. The SMILES string of the molecule is Cc1cc(OCCCN2CCN(c3ccc(C(=O)NS(=O)(=O)c4ccc([N+](=O)[O-])cc4)cc3)CC2)cc(C)c1Cl. The van der Waals surface area contributed by atoms with Crippen LogP contribution in [0.2, 0.25) is 5.02 Å². The van der Waals surface area contributed by atoms with Gasteiger partial charge in [-0.25, -0.2) is 13.1 Å². The maximum atomic E-state index is 12.6. The van der Waals surface area contributed by atoms with E-state index in [0.717, 1.165) is 91.0 Å².